The number of aromatic nitrogens is 3. The second-order valence-electron chi connectivity index (χ2n) is 10.4. The quantitative estimate of drug-likeness (QED) is 0.151. The van der Waals surface area contributed by atoms with Crippen LogP contribution in [0.2, 0.25) is 0 Å². The molecule has 1 aliphatic carbocycles. The molecule has 2 aromatic carbocycles. The van der Waals surface area contributed by atoms with Gasteiger partial charge in [-0.15, -0.1) is 16.5 Å². The van der Waals surface area contributed by atoms with Crippen LogP contribution in [0.15, 0.2) is 46.7 Å². The van der Waals surface area contributed by atoms with Crippen molar-refractivity contribution in [2.45, 2.75) is 50.0 Å². The molecule has 5 N–H and O–H groups in total. The van der Waals surface area contributed by atoms with Crippen LogP contribution in [0.25, 0.3) is 16.4 Å². The highest BCUT2D eigenvalue weighted by Crippen LogP contribution is 2.38. The number of rotatable bonds is 8. The van der Waals surface area contributed by atoms with Crippen LogP contribution in [0.1, 0.15) is 59.6 Å². The topological polar surface area (TPSA) is 161 Å². The lowest BCUT2D eigenvalue weighted by molar-refractivity contribution is 0.0691. The first-order chi connectivity index (χ1) is 19.4. The van der Waals surface area contributed by atoms with Crippen molar-refractivity contribution in [3.63, 3.8) is 0 Å². The monoisotopic (exact) mass is 614 g/mol. The molecule has 220 valence electrons. The summed E-state index contributed by atoms with van der Waals surface area (Å²) in [5.41, 5.74) is 1.75. The van der Waals surface area contributed by atoms with Crippen molar-refractivity contribution in [2.75, 3.05) is 0 Å². The predicted molar refractivity (Wildman–Crippen MR) is 154 cm³/mol. The molecule has 0 spiro atoms. The second-order valence-corrected chi connectivity index (χ2v) is 12.4. The molecule has 1 aliphatic rings. The van der Waals surface area contributed by atoms with Crippen molar-refractivity contribution in [1.82, 2.24) is 14.8 Å². The maximum atomic E-state index is 14.7. The Morgan fingerprint density at radius 3 is 2.55 bits per heavy atom. The molecular weight excluding hydrogens is 586 g/mol. The first kappa shape index (κ1) is 31.1. The fourth-order valence-electron chi connectivity index (χ4n) is 4.36. The average Bonchev–Trinajstić information content (AvgIpc) is 3.45. The summed E-state index contributed by atoms with van der Waals surface area (Å²) in [4.78, 5) is 15.7. The Labute approximate surface area is 246 Å². The largest absolute Gasteiger partial charge is 0.870 e. The van der Waals surface area contributed by atoms with Crippen LogP contribution in [-0.2, 0) is 28.0 Å². The third-order valence-corrected chi connectivity index (χ3v) is 8.19. The third kappa shape index (κ3) is 6.97. The number of hydrogen-bond donors (Lipinski definition) is 3. The maximum Gasteiger partial charge on any atom is 0.355 e. The summed E-state index contributed by atoms with van der Waals surface area (Å²) in [6.07, 6.45) is 2.91. The van der Waals surface area contributed by atoms with Crippen molar-refractivity contribution in [3.05, 3.63) is 81.5 Å². The van der Waals surface area contributed by atoms with Crippen molar-refractivity contribution in [2.24, 2.45) is 11.1 Å². The number of nitrogens with zero attached hydrogens (tertiary/aromatic N) is 3. The first-order valence-corrected chi connectivity index (χ1v) is 15.0. The fourth-order valence-corrected chi connectivity index (χ4v) is 5.63. The fraction of sp³-hybridized carbons (Fsp3) is 0.276. The Bertz CT molecular complexity index is 1750. The minimum absolute atomic E-state index is 0. The van der Waals surface area contributed by atoms with E-state index in [0.717, 1.165) is 35.4 Å². The van der Waals surface area contributed by atoms with E-state index in [2.05, 4.69) is 16.8 Å². The lowest BCUT2D eigenvalue weighted by Crippen LogP contribution is -2.14. The van der Waals surface area contributed by atoms with Gasteiger partial charge in [-0.1, -0.05) is 22.1 Å². The summed E-state index contributed by atoms with van der Waals surface area (Å²) in [5, 5.41) is 31.5. The van der Waals surface area contributed by atoms with Gasteiger partial charge < -0.3 is 15.7 Å². The molecule has 1 saturated carbocycles. The molecule has 0 saturated heterocycles. The van der Waals surface area contributed by atoms with E-state index in [1.54, 1.807) is 22.9 Å². The smallest absolute Gasteiger partial charge is 0.355 e. The van der Waals surface area contributed by atoms with E-state index in [0.29, 0.717) is 34.3 Å². The van der Waals surface area contributed by atoms with Gasteiger partial charge in [-0.2, -0.15) is 5.10 Å². The third-order valence-electron chi connectivity index (χ3n) is 6.53. The minimum atomic E-state index is -2.35. The zero-order valence-corrected chi connectivity index (χ0v) is 24.3. The van der Waals surface area contributed by atoms with Gasteiger partial charge in [0.25, 0.3) is 0 Å². The van der Waals surface area contributed by atoms with Crippen molar-refractivity contribution in [3.8, 4) is 28.2 Å². The van der Waals surface area contributed by atoms with Gasteiger partial charge in [0.05, 0.1) is 17.0 Å². The van der Waals surface area contributed by atoms with Crippen molar-refractivity contribution in [1.29, 1.82) is 0 Å². The number of carboxylic acids is 1. The number of thiazole rings is 1. The molecule has 1 unspecified atom stereocenters. The number of thiol groups is 1. The van der Waals surface area contributed by atoms with Gasteiger partial charge in [0, 0.05) is 22.9 Å². The number of hydrogen-bond acceptors (Lipinski definition) is 7. The predicted octanol–water partition coefficient (Wildman–Crippen LogP) is 4.39. The van der Waals surface area contributed by atoms with Crippen LogP contribution in [0, 0.1) is 29.4 Å². The molecule has 0 aliphatic heterocycles. The average molecular weight is 615 g/mol. The number of carbonyl (C=O) groups is 1. The van der Waals surface area contributed by atoms with Gasteiger partial charge in [0.1, 0.15) is 11.4 Å². The normalized spacial score (nSPS) is 13.7. The summed E-state index contributed by atoms with van der Waals surface area (Å²) in [6, 6.07) is 8.71. The summed E-state index contributed by atoms with van der Waals surface area (Å²) in [5.74, 6) is 3.31. The molecule has 5 rings (SSSR count). The summed E-state index contributed by atoms with van der Waals surface area (Å²) in [7, 11) is -2.35. The van der Waals surface area contributed by atoms with Crippen molar-refractivity contribution >= 4 is 28.3 Å². The number of benzene rings is 2. The number of halogens is 2. The van der Waals surface area contributed by atoms with Gasteiger partial charge in [0.15, 0.2) is 22.5 Å². The Morgan fingerprint density at radius 2 is 1.95 bits per heavy atom. The van der Waals surface area contributed by atoms with E-state index < -0.39 is 34.2 Å². The first-order valence-electron chi connectivity index (χ1n) is 12.8. The molecule has 9 nitrogen and oxygen atoms in total. The van der Waals surface area contributed by atoms with Gasteiger partial charge in [-0.05, 0) is 74.9 Å². The number of aliphatic hydroxyl groups is 1. The Hall–Kier alpha value is -3.80. The van der Waals surface area contributed by atoms with E-state index in [9.17, 15) is 28.0 Å². The van der Waals surface area contributed by atoms with E-state index in [1.165, 1.54) is 37.4 Å². The highest BCUT2D eigenvalue weighted by atomic mass is 32.2. The molecule has 0 amide bonds. The molecule has 4 aromatic rings. The van der Waals surface area contributed by atoms with Gasteiger partial charge >= 0.3 is 5.97 Å². The SMILES string of the molecule is CC(C)(O)C#Cc1cc(-c2nn(-c3nc(C(=O)O)cs3)c(CC3CC3)c2Cc2ccc([SH+](N)=O)c(F)c2)ccc1F.[OH-]. The minimum Gasteiger partial charge on any atom is -0.870 e. The summed E-state index contributed by atoms with van der Waals surface area (Å²) >= 11 is 1.13. The van der Waals surface area contributed by atoms with E-state index in [1.807, 2.05) is 0 Å². The molecule has 13 heteroatoms. The zero-order valence-electron chi connectivity index (χ0n) is 22.6. The number of nitrogens with two attached hydrogens (primary N) is 1. The molecule has 0 radical (unpaired) electrons. The second kappa shape index (κ2) is 12.2. The van der Waals surface area contributed by atoms with Gasteiger partial charge in [0.2, 0.25) is 10.0 Å². The molecule has 42 heavy (non-hydrogen) atoms. The zero-order chi connectivity index (χ0) is 29.5. The van der Waals surface area contributed by atoms with Gasteiger partial charge in [-0.25, -0.2) is 23.2 Å². The van der Waals surface area contributed by atoms with Crippen LogP contribution in [0.5, 0.6) is 0 Å². The molecule has 2 aromatic heterocycles. The molecule has 2 heterocycles. The molecule has 0 bridgehead atoms. The van der Waals surface area contributed by atoms with E-state index >= 15 is 0 Å². The van der Waals surface area contributed by atoms with Crippen LogP contribution >= 0.6 is 11.3 Å². The number of aromatic carboxylic acids is 1. The van der Waals surface area contributed by atoms with Crippen LogP contribution < -0.4 is 5.14 Å². The lowest BCUT2D eigenvalue weighted by Gasteiger charge is -2.09. The van der Waals surface area contributed by atoms with Crippen molar-refractivity contribution < 1.29 is 33.5 Å². The Kier molecular flexibility index (Phi) is 9.05. The maximum absolute atomic E-state index is 14.7. The Morgan fingerprint density at radius 1 is 1.21 bits per heavy atom. The van der Waals surface area contributed by atoms with E-state index in [-0.39, 0.29) is 28.0 Å². The van der Waals surface area contributed by atoms with Crippen LogP contribution in [-0.4, -0.2) is 42.0 Å². The number of carboxylic acid groups (broad SMARTS) is 1. The highest BCUT2D eigenvalue weighted by molar-refractivity contribution is 7.82. The standard InChI is InChI=1S/C29H26F2N4O4S2.H2O/c1-29(2,38)10-9-18-14-19(6-7-21(18)30)26-20(11-17-5-8-25(41(32)39)22(31)12-17)24(13-16-3-4-16)35(34-26)28-33-23(15-40-28)27(36)37;/h5-8,12,14-16,38H,3-4,11,13H2,1-2H3,(H2,32,39)(H,36,37);1H2. The summed E-state index contributed by atoms with van der Waals surface area (Å²) in [6.45, 7) is 2.99. The van der Waals surface area contributed by atoms with Crippen LogP contribution in [0.4, 0.5) is 8.78 Å². The lowest BCUT2D eigenvalue weighted by atomic mass is 9.96. The van der Waals surface area contributed by atoms with Gasteiger partial charge in [-0.3, -0.25) is 0 Å². The van der Waals surface area contributed by atoms with E-state index in [4.69, 9.17) is 10.2 Å². The summed E-state index contributed by atoms with van der Waals surface area (Å²) < 4.78 is 42.8. The Balaban J connectivity index is 0.00000405. The molecule has 1 fully saturated rings. The highest BCUT2D eigenvalue weighted by Gasteiger charge is 2.30. The van der Waals surface area contributed by atoms with Crippen LogP contribution in [0.3, 0.4) is 0 Å². The molecule has 1 atom stereocenters. The molecular formula is C29H28F2N4O5S2.